The van der Waals surface area contributed by atoms with Crippen molar-refractivity contribution in [3.63, 3.8) is 0 Å². The Morgan fingerprint density at radius 2 is 1.69 bits per heavy atom. The first-order valence-corrected chi connectivity index (χ1v) is 10.3. The Hall–Kier alpha value is -2.31. The normalized spacial score (nSPS) is 25.4. The molecule has 1 saturated heterocycles. The monoisotopic (exact) mass is 404 g/mol. The van der Waals surface area contributed by atoms with Crippen LogP contribution in [0.3, 0.4) is 0 Å². The SMILES string of the molecule is C[C@@H](O)[C@H]1C(=O)N2C(C(=O)O)=C(c3ccc4cc([C]5[CH][CH][CH][CH]5)ccc4c3)S[C@H]12. The van der Waals surface area contributed by atoms with E-state index >= 15 is 0 Å². The van der Waals surface area contributed by atoms with Gasteiger partial charge in [0, 0.05) is 10.8 Å². The van der Waals surface area contributed by atoms with E-state index in [4.69, 9.17) is 0 Å². The third-order valence-corrected chi connectivity index (χ3v) is 7.01. The van der Waals surface area contributed by atoms with Crippen molar-refractivity contribution in [3.8, 4) is 0 Å². The molecule has 1 amide bonds. The predicted molar refractivity (Wildman–Crippen MR) is 111 cm³/mol. The molecule has 0 unspecified atom stereocenters. The quantitative estimate of drug-likeness (QED) is 0.765. The van der Waals surface area contributed by atoms with Crippen molar-refractivity contribution in [1.82, 2.24) is 4.90 Å². The van der Waals surface area contributed by atoms with E-state index < -0.39 is 18.0 Å². The molecule has 29 heavy (non-hydrogen) atoms. The molecule has 2 fully saturated rings. The van der Waals surface area contributed by atoms with Crippen LogP contribution in [0.1, 0.15) is 18.1 Å². The van der Waals surface area contributed by atoms with Crippen LogP contribution in [-0.2, 0) is 9.59 Å². The standard InChI is InChI=1S/C23H18NO4S/c1-12(25)18-21(26)24-19(23(27)28)20(29-22(18)24)17-9-8-15-10-14(6-7-16(15)11-17)13-4-2-3-5-13/h2-12,18,22,25H,1H3,(H,27,28)/t12-,18+,22-/m1/s1. The van der Waals surface area contributed by atoms with Crippen LogP contribution in [0, 0.1) is 37.5 Å². The lowest BCUT2D eigenvalue weighted by atomic mass is 9.92. The Morgan fingerprint density at radius 1 is 1.07 bits per heavy atom. The number of aliphatic hydroxyl groups excluding tert-OH is 1. The Kier molecular flexibility index (Phi) is 4.44. The van der Waals surface area contributed by atoms with Crippen molar-refractivity contribution in [2.75, 3.05) is 0 Å². The summed E-state index contributed by atoms with van der Waals surface area (Å²) in [5.41, 5.74) is 1.91. The highest BCUT2D eigenvalue weighted by Crippen LogP contribution is 2.53. The van der Waals surface area contributed by atoms with Crippen molar-refractivity contribution < 1.29 is 19.8 Å². The topological polar surface area (TPSA) is 77.8 Å². The van der Waals surface area contributed by atoms with E-state index in [2.05, 4.69) is 25.0 Å². The van der Waals surface area contributed by atoms with Gasteiger partial charge in [0.2, 0.25) is 5.91 Å². The first-order valence-electron chi connectivity index (χ1n) is 9.37. The molecular formula is C23H18NO4S. The summed E-state index contributed by atoms with van der Waals surface area (Å²) < 4.78 is 0. The van der Waals surface area contributed by atoms with Crippen LogP contribution >= 0.6 is 11.8 Å². The minimum atomic E-state index is -1.13. The molecule has 1 saturated carbocycles. The number of aliphatic carboxylic acids is 1. The lowest BCUT2D eigenvalue weighted by molar-refractivity contribution is -0.156. The summed E-state index contributed by atoms with van der Waals surface area (Å²) in [4.78, 5) is 26.2. The second-order valence-corrected chi connectivity index (χ2v) is 8.54. The summed E-state index contributed by atoms with van der Waals surface area (Å²) in [7, 11) is 0. The maximum Gasteiger partial charge on any atom is 0.353 e. The second kappa shape index (κ2) is 6.89. The zero-order chi connectivity index (χ0) is 20.3. The summed E-state index contributed by atoms with van der Waals surface area (Å²) in [6, 6.07) is 12.0. The number of aliphatic hydroxyl groups is 1. The lowest BCUT2D eigenvalue weighted by Gasteiger charge is -2.43. The highest BCUT2D eigenvalue weighted by Gasteiger charge is 2.57. The van der Waals surface area contributed by atoms with Crippen LogP contribution in [0.4, 0.5) is 0 Å². The Bertz CT molecular complexity index is 1050. The molecule has 0 bridgehead atoms. The number of carbonyl (C=O) groups excluding carboxylic acids is 1. The number of nitrogens with zero attached hydrogens (tertiary/aromatic N) is 1. The van der Waals surface area contributed by atoms with Gasteiger partial charge in [0.05, 0.1) is 12.0 Å². The molecule has 2 heterocycles. The minimum absolute atomic E-state index is 0.00894. The lowest BCUT2D eigenvalue weighted by Crippen LogP contribution is -2.60. The summed E-state index contributed by atoms with van der Waals surface area (Å²) in [6.07, 6.45) is 7.33. The van der Waals surface area contributed by atoms with Gasteiger partial charge in [-0.2, -0.15) is 0 Å². The fraction of sp³-hybridized carbons (Fsp3) is 0.174. The summed E-state index contributed by atoms with van der Waals surface area (Å²) in [6.45, 7) is 1.57. The number of thioether (sulfide) groups is 1. The van der Waals surface area contributed by atoms with Crippen LogP contribution in [0.15, 0.2) is 42.1 Å². The molecule has 3 aliphatic rings. The number of hydrogen-bond acceptors (Lipinski definition) is 4. The highest BCUT2D eigenvalue weighted by atomic mass is 32.2. The van der Waals surface area contributed by atoms with Crippen molar-refractivity contribution in [2.45, 2.75) is 18.4 Å². The molecule has 0 spiro atoms. The number of benzene rings is 2. The van der Waals surface area contributed by atoms with E-state index in [1.807, 2.05) is 37.1 Å². The molecule has 3 atom stereocenters. The first kappa shape index (κ1) is 18.7. The molecule has 6 heteroatoms. The zero-order valence-electron chi connectivity index (χ0n) is 15.6. The van der Waals surface area contributed by atoms with Crippen molar-refractivity contribution >= 4 is 39.3 Å². The summed E-state index contributed by atoms with van der Waals surface area (Å²) >= 11 is 1.34. The Balaban J connectivity index is 1.52. The maximum absolute atomic E-state index is 12.4. The van der Waals surface area contributed by atoms with Gasteiger partial charge in [0.15, 0.2) is 0 Å². The van der Waals surface area contributed by atoms with E-state index in [9.17, 15) is 19.8 Å². The molecule has 2 aliphatic heterocycles. The summed E-state index contributed by atoms with van der Waals surface area (Å²) in [5, 5.41) is 21.3. The van der Waals surface area contributed by atoms with Crippen LogP contribution < -0.4 is 0 Å². The van der Waals surface area contributed by atoms with Crippen molar-refractivity contribution in [2.24, 2.45) is 5.92 Å². The number of carboxylic acids is 1. The number of rotatable bonds is 4. The van der Waals surface area contributed by atoms with Crippen molar-refractivity contribution in [3.05, 3.63) is 84.8 Å². The molecule has 2 N–H and O–H groups in total. The number of amides is 1. The van der Waals surface area contributed by atoms with Gasteiger partial charge >= 0.3 is 5.97 Å². The minimum Gasteiger partial charge on any atom is -0.477 e. The second-order valence-electron chi connectivity index (χ2n) is 7.42. The number of carboxylic acid groups (broad SMARTS) is 1. The molecule has 1 aliphatic carbocycles. The van der Waals surface area contributed by atoms with E-state index in [0.29, 0.717) is 4.91 Å². The summed E-state index contributed by atoms with van der Waals surface area (Å²) in [5.74, 6) is -0.867. The van der Waals surface area contributed by atoms with Gasteiger partial charge in [-0.05, 0) is 60.6 Å². The van der Waals surface area contributed by atoms with Gasteiger partial charge in [-0.15, -0.1) is 0 Å². The van der Waals surface area contributed by atoms with E-state index in [-0.39, 0.29) is 17.0 Å². The maximum atomic E-state index is 12.4. The highest BCUT2D eigenvalue weighted by molar-refractivity contribution is 8.09. The van der Waals surface area contributed by atoms with Crippen LogP contribution in [0.5, 0.6) is 0 Å². The van der Waals surface area contributed by atoms with Gasteiger partial charge in [0.25, 0.3) is 0 Å². The van der Waals surface area contributed by atoms with Gasteiger partial charge in [-0.25, -0.2) is 4.79 Å². The van der Waals surface area contributed by atoms with Gasteiger partial charge in [-0.1, -0.05) is 42.1 Å². The average molecular weight is 404 g/mol. The zero-order valence-corrected chi connectivity index (χ0v) is 16.4. The number of carbonyl (C=O) groups is 2. The fourth-order valence-corrected chi connectivity index (χ4v) is 5.73. The third kappa shape index (κ3) is 2.89. The number of β-lactam (4-membered cyclic amide) rings is 1. The first-order chi connectivity index (χ1) is 14.0. The van der Waals surface area contributed by atoms with Gasteiger partial charge in [-0.3, -0.25) is 9.69 Å². The largest absolute Gasteiger partial charge is 0.477 e. The van der Waals surface area contributed by atoms with Crippen LogP contribution in [0.25, 0.3) is 15.7 Å². The molecule has 145 valence electrons. The third-order valence-electron chi connectivity index (χ3n) is 5.60. The van der Waals surface area contributed by atoms with Gasteiger partial charge < -0.3 is 10.2 Å². The average Bonchev–Trinajstić information content (AvgIpc) is 3.33. The van der Waals surface area contributed by atoms with Gasteiger partial charge in [0.1, 0.15) is 11.1 Å². The fourth-order valence-electron chi connectivity index (χ4n) is 4.12. The molecule has 5 radical (unpaired) electrons. The van der Waals surface area contributed by atoms with E-state index in [0.717, 1.165) is 27.8 Å². The predicted octanol–water partition coefficient (Wildman–Crippen LogP) is 3.26. The van der Waals surface area contributed by atoms with Crippen LogP contribution in [0.2, 0.25) is 0 Å². The Morgan fingerprint density at radius 3 is 2.31 bits per heavy atom. The molecular weight excluding hydrogens is 386 g/mol. The Labute approximate surface area is 173 Å². The number of fused-ring (bicyclic) bond motifs is 2. The van der Waals surface area contributed by atoms with Crippen molar-refractivity contribution in [1.29, 1.82) is 0 Å². The molecule has 0 aromatic heterocycles. The number of hydrogen-bond donors (Lipinski definition) is 2. The van der Waals surface area contributed by atoms with E-state index in [1.165, 1.54) is 16.7 Å². The van der Waals surface area contributed by atoms with Crippen LogP contribution in [-0.4, -0.2) is 38.5 Å². The molecule has 2 aromatic rings. The molecule has 5 nitrogen and oxygen atoms in total. The molecule has 2 aromatic carbocycles. The van der Waals surface area contributed by atoms with E-state index in [1.54, 1.807) is 6.92 Å². The molecule has 5 rings (SSSR count). The smallest absolute Gasteiger partial charge is 0.353 e.